The van der Waals surface area contributed by atoms with Crippen LogP contribution in [0.2, 0.25) is 0 Å². The molecule has 28 heavy (non-hydrogen) atoms. The fourth-order valence-electron chi connectivity index (χ4n) is 7.49. The molecule has 0 amide bonds. The number of esters is 1. The summed E-state index contributed by atoms with van der Waals surface area (Å²) in [5.41, 5.74) is -1.56. The van der Waals surface area contributed by atoms with Gasteiger partial charge in [0.1, 0.15) is 36.1 Å². The Morgan fingerprint density at radius 3 is 2.64 bits per heavy atom. The smallest absolute Gasteiger partial charge is 0.334 e. The van der Waals surface area contributed by atoms with E-state index in [-0.39, 0.29) is 29.5 Å². The molecule has 6 rings (SSSR count). The van der Waals surface area contributed by atoms with Crippen LogP contribution in [0.15, 0.2) is 11.1 Å². The van der Waals surface area contributed by atoms with Crippen molar-refractivity contribution in [2.75, 3.05) is 20.3 Å². The lowest BCUT2D eigenvalue weighted by Gasteiger charge is -2.60. The van der Waals surface area contributed by atoms with E-state index in [0.29, 0.717) is 19.6 Å². The van der Waals surface area contributed by atoms with E-state index in [2.05, 4.69) is 6.92 Å². The molecule has 1 N–H and O–H groups in total. The molecule has 0 bridgehead atoms. The van der Waals surface area contributed by atoms with Gasteiger partial charge in [-0.25, -0.2) is 4.79 Å². The number of hydrogen-bond donors (Lipinski definition) is 1. The molecule has 7 nitrogen and oxygen atoms in total. The number of carbonyl (C=O) groups excluding carboxylic acids is 1. The van der Waals surface area contributed by atoms with Crippen molar-refractivity contribution in [1.29, 1.82) is 0 Å². The zero-order chi connectivity index (χ0) is 19.9. The van der Waals surface area contributed by atoms with E-state index < -0.39 is 28.5 Å². The van der Waals surface area contributed by atoms with Gasteiger partial charge in [0.2, 0.25) is 0 Å². The minimum atomic E-state index is -1.09. The maximum atomic E-state index is 12.1. The van der Waals surface area contributed by atoms with Gasteiger partial charge < -0.3 is 28.8 Å². The standard InChI is InChI=1S/C21H28O7/c1-17(2,23)20-13(27-20)14-21(28-14)18(3)7-6-10-11(8-25-15(10)22)12(18)9-26-19(21,4)16(20)24-5/h12-14,16,23H,6-9H2,1-5H3. The van der Waals surface area contributed by atoms with Gasteiger partial charge >= 0.3 is 5.97 Å². The van der Waals surface area contributed by atoms with Crippen molar-refractivity contribution >= 4 is 5.97 Å². The van der Waals surface area contributed by atoms with Crippen LogP contribution in [0, 0.1) is 11.3 Å². The topological polar surface area (TPSA) is 90.0 Å². The van der Waals surface area contributed by atoms with E-state index in [1.807, 2.05) is 6.92 Å². The van der Waals surface area contributed by atoms with Crippen molar-refractivity contribution in [2.24, 2.45) is 11.3 Å². The van der Waals surface area contributed by atoms with Crippen LogP contribution in [0.25, 0.3) is 0 Å². The van der Waals surface area contributed by atoms with Gasteiger partial charge in [0.25, 0.3) is 0 Å². The first-order valence-electron chi connectivity index (χ1n) is 10.2. The first kappa shape index (κ1) is 17.8. The van der Waals surface area contributed by atoms with E-state index in [4.69, 9.17) is 23.7 Å². The molecule has 2 aliphatic carbocycles. The molecule has 1 saturated carbocycles. The molecule has 4 aliphatic heterocycles. The highest BCUT2D eigenvalue weighted by molar-refractivity contribution is 5.92. The number of cyclic esters (lactones) is 1. The highest BCUT2D eigenvalue weighted by Crippen LogP contribution is 2.77. The minimum Gasteiger partial charge on any atom is -0.458 e. The molecule has 7 heteroatoms. The second-order valence-corrected chi connectivity index (χ2v) is 10.2. The van der Waals surface area contributed by atoms with Gasteiger partial charge in [-0.15, -0.1) is 0 Å². The van der Waals surface area contributed by atoms with E-state index in [1.165, 1.54) is 0 Å². The number of methoxy groups -OCH3 is 1. The van der Waals surface area contributed by atoms with Crippen molar-refractivity contribution in [2.45, 2.75) is 81.3 Å². The Labute approximate surface area is 164 Å². The van der Waals surface area contributed by atoms with E-state index in [9.17, 15) is 9.90 Å². The van der Waals surface area contributed by atoms with Crippen molar-refractivity contribution < 1.29 is 33.6 Å². The van der Waals surface area contributed by atoms with Gasteiger partial charge in [-0.3, -0.25) is 0 Å². The first-order chi connectivity index (χ1) is 13.1. The third kappa shape index (κ3) is 1.53. The number of fused-ring (bicyclic) bond motifs is 4. The van der Waals surface area contributed by atoms with Crippen LogP contribution in [-0.2, 0) is 28.5 Å². The number of hydrogen-bond acceptors (Lipinski definition) is 7. The van der Waals surface area contributed by atoms with Crippen LogP contribution in [0.1, 0.15) is 40.5 Å². The second-order valence-electron chi connectivity index (χ2n) is 10.2. The van der Waals surface area contributed by atoms with Crippen LogP contribution in [0.5, 0.6) is 0 Å². The first-order valence-corrected chi connectivity index (χ1v) is 10.2. The average molecular weight is 392 g/mol. The van der Waals surface area contributed by atoms with Gasteiger partial charge in [-0.05, 0) is 39.2 Å². The van der Waals surface area contributed by atoms with Crippen LogP contribution >= 0.6 is 0 Å². The maximum absolute atomic E-state index is 12.1. The molecule has 4 heterocycles. The van der Waals surface area contributed by atoms with Gasteiger partial charge in [0, 0.05) is 24.0 Å². The molecule has 0 aromatic heterocycles. The quantitative estimate of drug-likeness (QED) is 0.556. The Hall–Kier alpha value is -0.990. The fraction of sp³-hybridized carbons (Fsp3) is 0.857. The molecule has 4 fully saturated rings. The number of carbonyl (C=O) groups is 1. The van der Waals surface area contributed by atoms with E-state index in [1.54, 1.807) is 21.0 Å². The van der Waals surface area contributed by atoms with Crippen molar-refractivity contribution in [1.82, 2.24) is 0 Å². The van der Waals surface area contributed by atoms with Gasteiger partial charge in [0.05, 0.1) is 12.2 Å². The molecular weight excluding hydrogens is 364 g/mol. The summed E-state index contributed by atoms with van der Waals surface area (Å²) in [5, 5.41) is 11.0. The van der Waals surface area contributed by atoms with Crippen LogP contribution in [-0.4, -0.2) is 72.1 Å². The zero-order valence-corrected chi connectivity index (χ0v) is 17.0. The predicted octanol–water partition coefficient (Wildman–Crippen LogP) is 1.12. The van der Waals surface area contributed by atoms with Gasteiger partial charge in [-0.1, -0.05) is 6.92 Å². The number of ether oxygens (including phenoxy) is 5. The Morgan fingerprint density at radius 2 is 1.96 bits per heavy atom. The highest BCUT2D eigenvalue weighted by Gasteiger charge is 2.95. The summed E-state index contributed by atoms with van der Waals surface area (Å²) < 4.78 is 30.6. The second kappa shape index (κ2) is 4.67. The van der Waals surface area contributed by atoms with Crippen molar-refractivity contribution in [3.05, 3.63) is 11.1 Å². The Kier molecular flexibility index (Phi) is 2.98. The van der Waals surface area contributed by atoms with E-state index in [0.717, 1.165) is 17.6 Å². The summed E-state index contributed by atoms with van der Waals surface area (Å²) in [6.45, 7) is 8.68. The largest absolute Gasteiger partial charge is 0.458 e. The van der Waals surface area contributed by atoms with Crippen LogP contribution < -0.4 is 0 Å². The van der Waals surface area contributed by atoms with Gasteiger partial charge in [0.15, 0.2) is 5.60 Å². The van der Waals surface area contributed by atoms with Gasteiger partial charge in [-0.2, -0.15) is 0 Å². The minimum absolute atomic E-state index is 0.0756. The molecule has 8 unspecified atom stereocenters. The summed E-state index contributed by atoms with van der Waals surface area (Å²) >= 11 is 0. The lowest BCUT2D eigenvalue weighted by Crippen LogP contribution is -2.76. The molecular formula is C21H28O7. The summed E-state index contributed by atoms with van der Waals surface area (Å²) in [6, 6.07) is 0. The molecule has 1 spiro atoms. The molecule has 8 atom stereocenters. The molecule has 154 valence electrons. The molecule has 0 radical (unpaired) electrons. The molecule has 0 aromatic rings. The highest BCUT2D eigenvalue weighted by atomic mass is 16.7. The lowest BCUT2D eigenvalue weighted by atomic mass is 9.49. The SMILES string of the molecule is COC1C2(C)OCC3C4=C(CCC3(C)C23OC3C2OC21C(C)(C)O)C(=O)OC4. The molecule has 6 aliphatic rings. The number of rotatable bonds is 2. The number of aliphatic hydroxyl groups is 1. The number of epoxide rings is 2. The molecule has 0 aromatic carbocycles. The summed E-state index contributed by atoms with van der Waals surface area (Å²) in [4.78, 5) is 12.1. The van der Waals surface area contributed by atoms with Crippen molar-refractivity contribution in [3.8, 4) is 0 Å². The summed E-state index contributed by atoms with van der Waals surface area (Å²) in [5.74, 6) is -0.104. The average Bonchev–Trinajstić information content (AvgIpc) is 3.48. The normalized spacial score (nSPS) is 56.1. The van der Waals surface area contributed by atoms with Crippen molar-refractivity contribution in [3.63, 3.8) is 0 Å². The third-order valence-corrected chi connectivity index (χ3v) is 8.91. The zero-order valence-electron chi connectivity index (χ0n) is 17.0. The van der Waals surface area contributed by atoms with E-state index >= 15 is 0 Å². The Balaban J connectivity index is 1.49. The van der Waals surface area contributed by atoms with Crippen LogP contribution in [0.3, 0.4) is 0 Å². The predicted molar refractivity (Wildman–Crippen MR) is 95.5 cm³/mol. The summed E-state index contributed by atoms with van der Waals surface area (Å²) in [6.07, 6.45) is 0.706. The lowest BCUT2D eigenvalue weighted by molar-refractivity contribution is -0.267. The fourth-order valence-corrected chi connectivity index (χ4v) is 7.49. The monoisotopic (exact) mass is 392 g/mol. The third-order valence-electron chi connectivity index (χ3n) is 8.91. The Bertz CT molecular complexity index is 829. The van der Waals surface area contributed by atoms with Crippen LogP contribution in [0.4, 0.5) is 0 Å². The Morgan fingerprint density at radius 1 is 1.21 bits per heavy atom. The maximum Gasteiger partial charge on any atom is 0.334 e. The molecule has 3 saturated heterocycles. The summed E-state index contributed by atoms with van der Waals surface area (Å²) in [7, 11) is 1.65.